The number of ether oxygens (including phenoxy) is 1. The summed E-state index contributed by atoms with van der Waals surface area (Å²) in [5.41, 5.74) is 0.552. The number of nitrogens with one attached hydrogen (secondary N) is 1. The fraction of sp³-hybridized carbons (Fsp3) is 0.357. The number of nitrogens with zero attached hydrogens (tertiary/aromatic N) is 2. The van der Waals surface area contributed by atoms with E-state index in [0.717, 1.165) is 11.3 Å². The number of amides is 1. The van der Waals surface area contributed by atoms with Crippen molar-refractivity contribution in [3.63, 3.8) is 0 Å². The molecule has 0 aliphatic heterocycles. The zero-order valence-electron chi connectivity index (χ0n) is 12.9. The number of rotatable bonds is 7. The number of carbonyl (C=O) groups is 3. The van der Waals surface area contributed by atoms with Crippen LogP contribution in [0, 0.1) is 6.92 Å². The van der Waals surface area contributed by atoms with Crippen LogP contribution in [-0.2, 0) is 9.59 Å². The Kier molecular flexibility index (Phi) is 5.29. The van der Waals surface area contributed by atoms with Crippen molar-refractivity contribution in [3.8, 4) is 5.88 Å². The molecule has 0 fully saturated rings. The Morgan fingerprint density at radius 3 is 2.62 bits per heavy atom. The molecule has 2 aromatic rings. The highest BCUT2D eigenvalue weighted by atomic mass is 32.1. The lowest BCUT2D eigenvalue weighted by Crippen LogP contribution is -2.42. The minimum absolute atomic E-state index is 0.239. The second-order valence-corrected chi connectivity index (χ2v) is 5.81. The summed E-state index contributed by atoms with van der Waals surface area (Å²) in [6.45, 7) is 3.86. The summed E-state index contributed by atoms with van der Waals surface area (Å²) in [6, 6.07) is -1.52. The minimum Gasteiger partial charge on any atom is -0.481 e. The van der Waals surface area contributed by atoms with Crippen molar-refractivity contribution in [2.75, 3.05) is 6.61 Å². The van der Waals surface area contributed by atoms with Crippen LogP contribution in [-0.4, -0.2) is 50.7 Å². The number of carboxylic acids is 2. The highest BCUT2D eigenvalue weighted by molar-refractivity contribution is 7.20. The van der Waals surface area contributed by atoms with Crippen molar-refractivity contribution < 1.29 is 29.3 Å². The van der Waals surface area contributed by atoms with E-state index < -0.39 is 30.3 Å². The number of aryl methyl sites for hydroxylation is 1. The van der Waals surface area contributed by atoms with Crippen molar-refractivity contribution in [2.45, 2.75) is 26.3 Å². The van der Waals surface area contributed by atoms with Crippen LogP contribution < -0.4 is 10.1 Å². The van der Waals surface area contributed by atoms with E-state index >= 15 is 0 Å². The fourth-order valence-corrected chi connectivity index (χ4v) is 3.14. The summed E-state index contributed by atoms with van der Waals surface area (Å²) < 4.78 is 5.42. The number of carboxylic acid groups (broad SMARTS) is 2. The van der Waals surface area contributed by atoms with E-state index in [4.69, 9.17) is 14.9 Å². The molecule has 0 aliphatic carbocycles. The summed E-state index contributed by atoms with van der Waals surface area (Å²) in [7, 11) is 0. The molecule has 10 heteroatoms. The predicted octanol–water partition coefficient (Wildman–Crippen LogP) is 1.06. The van der Waals surface area contributed by atoms with Crippen LogP contribution in [0.4, 0.5) is 0 Å². The molecule has 0 bridgehead atoms. The van der Waals surface area contributed by atoms with E-state index in [1.807, 2.05) is 0 Å². The van der Waals surface area contributed by atoms with E-state index in [0.29, 0.717) is 28.3 Å². The number of fused-ring (bicyclic) bond motifs is 1. The van der Waals surface area contributed by atoms with Gasteiger partial charge in [-0.25, -0.2) is 14.8 Å². The van der Waals surface area contributed by atoms with Gasteiger partial charge in [-0.2, -0.15) is 0 Å². The van der Waals surface area contributed by atoms with Crippen LogP contribution in [0.2, 0.25) is 0 Å². The third-order valence-corrected chi connectivity index (χ3v) is 4.36. The van der Waals surface area contributed by atoms with E-state index in [-0.39, 0.29) is 4.88 Å². The van der Waals surface area contributed by atoms with Crippen molar-refractivity contribution in [1.82, 2.24) is 15.3 Å². The number of hydrogen-bond donors (Lipinski definition) is 3. The zero-order valence-corrected chi connectivity index (χ0v) is 13.7. The maximum Gasteiger partial charge on any atom is 0.326 e. The Labute approximate surface area is 140 Å². The van der Waals surface area contributed by atoms with Crippen molar-refractivity contribution in [3.05, 3.63) is 16.8 Å². The number of aromatic nitrogens is 2. The second-order valence-electron chi connectivity index (χ2n) is 4.81. The lowest BCUT2D eigenvalue weighted by molar-refractivity contribution is -0.145. The minimum atomic E-state index is -1.52. The molecule has 0 aromatic carbocycles. The van der Waals surface area contributed by atoms with E-state index in [9.17, 15) is 14.4 Å². The molecule has 0 saturated carbocycles. The first-order valence-electron chi connectivity index (χ1n) is 6.97. The molecule has 128 valence electrons. The van der Waals surface area contributed by atoms with Gasteiger partial charge in [-0.05, 0) is 19.4 Å². The van der Waals surface area contributed by atoms with Crippen LogP contribution >= 0.6 is 11.3 Å². The Hall–Kier alpha value is -2.75. The average molecular weight is 353 g/mol. The van der Waals surface area contributed by atoms with Gasteiger partial charge in [-0.1, -0.05) is 0 Å². The molecular weight excluding hydrogens is 338 g/mol. The van der Waals surface area contributed by atoms with Crippen molar-refractivity contribution in [2.24, 2.45) is 0 Å². The second kappa shape index (κ2) is 7.21. The third-order valence-electron chi connectivity index (χ3n) is 3.16. The first-order valence-corrected chi connectivity index (χ1v) is 7.79. The molecular formula is C14H15N3O6S. The monoisotopic (exact) mass is 353 g/mol. The molecule has 2 heterocycles. The molecule has 3 N–H and O–H groups in total. The maximum atomic E-state index is 12.4. The van der Waals surface area contributed by atoms with Gasteiger partial charge in [0.2, 0.25) is 5.88 Å². The van der Waals surface area contributed by atoms with Gasteiger partial charge >= 0.3 is 11.9 Å². The molecule has 1 unspecified atom stereocenters. The first kappa shape index (κ1) is 17.6. The average Bonchev–Trinajstić information content (AvgIpc) is 2.84. The molecule has 1 amide bonds. The van der Waals surface area contributed by atoms with E-state index in [2.05, 4.69) is 15.3 Å². The lowest BCUT2D eigenvalue weighted by Gasteiger charge is -2.11. The molecule has 0 radical (unpaired) electrons. The van der Waals surface area contributed by atoms with Crippen LogP contribution in [0.15, 0.2) is 6.33 Å². The highest BCUT2D eigenvalue weighted by Gasteiger charge is 2.26. The van der Waals surface area contributed by atoms with Crippen molar-refractivity contribution in [1.29, 1.82) is 0 Å². The molecule has 1 atom stereocenters. The van der Waals surface area contributed by atoms with E-state index in [1.165, 1.54) is 6.33 Å². The lowest BCUT2D eigenvalue weighted by atomic mass is 10.1. The molecule has 24 heavy (non-hydrogen) atoms. The topological polar surface area (TPSA) is 139 Å². The molecule has 0 spiro atoms. The van der Waals surface area contributed by atoms with Crippen LogP contribution in [0.5, 0.6) is 5.88 Å². The SMILES string of the molecule is CCOc1ncnc2sc(C(=O)NC(CC(=O)O)C(=O)O)c(C)c12. The largest absolute Gasteiger partial charge is 0.481 e. The fourth-order valence-electron chi connectivity index (χ4n) is 2.10. The number of hydrogen-bond acceptors (Lipinski definition) is 7. The zero-order chi connectivity index (χ0) is 17.9. The smallest absolute Gasteiger partial charge is 0.326 e. The van der Waals surface area contributed by atoms with Crippen LogP contribution in [0.3, 0.4) is 0 Å². The van der Waals surface area contributed by atoms with E-state index in [1.54, 1.807) is 13.8 Å². The van der Waals surface area contributed by atoms with Gasteiger partial charge in [-0.15, -0.1) is 11.3 Å². The predicted molar refractivity (Wildman–Crippen MR) is 84.5 cm³/mol. The van der Waals surface area contributed by atoms with Gasteiger partial charge in [0.1, 0.15) is 17.2 Å². The summed E-state index contributed by atoms with van der Waals surface area (Å²) in [4.78, 5) is 43.0. The van der Waals surface area contributed by atoms with Gasteiger partial charge in [0.25, 0.3) is 5.91 Å². The number of thiophene rings is 1. The Morgan fingerprint density at radius 2 is 2.04 bits per heavy atom. The molecule has 0 saturated heterocycles. The number of aliphatic carboxylic acids is 2. The number of carbonyl (C=O) groups excluding carboxylic acids is 1. The summed E-state index contributed by atoms with van der Waals surface area (Å²) >= 11 is 1.06. The van der Waals surface area contributed by atoms with Crippen molar-refractivity contribution >= 4 is 39.4 Å². The molecule has 9 nitrogen and oxygen atoms in total. The van der Waals surface area contributed by atoms with Crippen LogP contribution in [0.25, 0.3) is 10.2 Å². The van der Waals surface area contributed by atoms with Gasteiger partial charge < -0.3 is 20.3 Å². The van der Waals surface area contributed by atoms with Gasteiger partial charge in [-0.3, -0.25) is 9.59 Å². The standard InChI is InChI=1S/C14H15N3O6S/c1-3-23-12-9-6(2)10(24-13(9)16-5-15-12)11(20)17-7(14(21)22)4-8(18)19/h5,7H,3-4H2,1-2H3,(H,17,20)(H,18,19)(H,21,22). The van der Waals surface area contributed by atoms with Crippen LogP contribution in [0.1, 0.15) is 28.6 Å². The van der Waals surface area contributed by atoms with Gasteiger partial charge in [0.15, 0.2) is 0 Å². The maximum absolute atomic E-state index is 12.4. The Bertz CT molecular complexity index is 803. The normalized spacial score (nSPS) is 11.9. The first-order chi connectivity index (χ1) is 11.3. The quantitative estimate of drug-likeness (QED) is 0.671. The third kappa shape index (κ3) is 3.59. The van der Waals surface area contributed by atoms with Gasteiger partial charge in [0.05, 0.1) is 23.3 Å². The highest BCUT2D eigenvalue weighted by Crippen LogP contribution is 2.34. The summed E-state index contributed by atoms with van der Waals surface area (Å²) in [6.07, 6.45) is 0.602. The summed E-state index contributed by atoms with van der Waals surface area (Å²) in [5, 5.41) is 20.6. The molecule has 0 aliphatic rings. The molecule has 2 rings (SSSR count). The Balaban J connectivity index is 2.36. The molecule has 2 aromatic heterocycles. The van der Waals surface area contributed by atoms with Gasteiger partial charge in [0, 0.05) is 0 Å². The Morgan fingerprint density at radius 1 is 1.33 bits per heavy atom. The summed E-state index contributed by atoms with van der Waals surface area (Å²) in [5.74, 6) is -3.07.